The van der Waals surface area contributed by atoms with Gasteiger partial charge in [0, 0.05) is 18.2 Å². The minimum atomic E-state index is -0.827. The van der Waals surface area contributed by atoms with Gasteiger partial charge in [-0.2, -0.15) is 0 Å². The van der Waals surface area contributed by atoms with Crippen LogP contribution in [0.25, 0.3) is 0 Å². The third kappa shape index (κ3) is 2.93. The molecule has 0 aliphatic carbocycles. The third-order valence-corrected chi connectivity index (χ3v) is 4.48. The van der Waals surface area contributed by atoms with Crippen LogP contribution in [-0.2, 0) is 4.79 Å². The van der Waals surface area contributed by atoms with E-state index in [0.29, 0.717) is 18.5 Å². The van der Waals surface area contributed by atoms with Gasteiger partial charge in [-0.05, 0) is 56.9 Å². The average molecular weight is 305 g/mol. The maximum atomic E-state index is 12.8. The Morgan fingerprint density at radius 2 is 1.86 bits per heavy atom. The molecule has 120 valence electrons. The number of hydrogen-bond acceptors (Lipinski definition) is 3. The zero-order chi connectivity index (χ0) is 16.4. The predicted molar refractivity (Wildman–Crippen MR) is 83.3 cm³/mol. The van der Waals surface area contributed by atoms with E-state index in [-0.39, 0.29) is 11.9 Å². The van der Waals surface area contributed by atoms with Crippen LogP contribution >= 0.6 is 0 Å². The minimum absolute atomic E-state index is 0.104. The standard InChI is InChI=1S/C17H23NO4/c1-10-8-13(9-11(2)15(10)22-4)16(19)18-7-5-6-14(12(18)3)17(20)21/h8-9,12,14H,5-7H2,1-4H3,(H,20,21)/t12-,14-/m0/s1. The van der Waals surface area contributed by atoms with Crippen molar-refractivity contribution in [1.82, 2.24) is 4.90 Å². The first kappa shape index (κ1) is 16.3. The summed E-state index contributed by atoms with van der Waals surface area (Å²) in [5.74, 6) is -0.635. The molecule has 1 saturated heterocycles. The van der Waals surface area contributed by atoms with Crippen molar-refractivity contribution < 1.29 is 19.4 Å². The maximum Gasteiger partial charge on any atom is 0.308 e. The predicted octanol–water partition coefficient (Wildman–Crippen LogP) is 2.64. The maximum absolute atomic E-state index is 12.8. The lowest BCUT2D eigenvalue weighted by Crippen LogP contribution is -2.49. The summed E-state index contributed by atoms with van der Waals surface area (Å²) >= 11 is 0. The number of carbonyl (C=O) groups is 2. The smallest absolute Gasteiger partial charge is 0.308 e. The van der Waals surface area contributed by atoms with Gasteiger partial charge in [-0.3, -0.25) is 9.59 Å². The Kier molecular flexibility index (Phi) is 4.74. The van der Waals surface area contributed by atoms with E-state index in [1.165, 1.54) is 0 Å². The number of ether oxygens (including phenoxy) is 1. The number of carbonyl (C=O) groups excluding carboxylic acids is 1. The molecular formula is C17H23NO4. The highest BCUT2D eigenvalue weighted by molar-refractivity contribution is 5.95. The fourth-order valence-electron chi connectivity index (χ4n) is 3.32. The number of rotatable bonds is 3. The number of carboxylic acids is 1. The van der Waals surface area contributed by atoms with Crippen molar-refractivity contribution in [3.05, 3.63) is 28.8 Å². The Balaban J connectivity index is 2.29. The summed E-state index contributed by atoms with van der Waals surface area (Å²) in [4.78, 5) is 25.8. The van der Waals surface area contributed by atoms with Crippen LogP contribution < -0.4 is 4.74 Å². The van der Waals surface area contributed by atoms with Gasteiger partial charge in [-0.15, -0.1) is 0 Å². The lowest BCUT2D eigenvalue weighted by molar-refractivity contribution is -0.144. The molecule has 0 spiro atoms. The second-order valence-electron chi connectivity index (χ2n) is 5.97. The van der Waals surface area contributed by atoms with Crippen LogP contribution in [0.5, 0.6) is 5.75 Å². The summed E-state index contributed by atoms with van der Waals surface area (Å²) in [6, 6.07) is 3.33. The number of likely N-dealkylation sites (tertiary alicyclic amines) is 1. The molecule has 22 heavy (non-hydrogen) atoms. The van der Waals surface area contributed by atoms with Crippen LogP contribution in [0.2, 0.25) is 0 Å². The normalized spacial score (nSPS) is 21.5. The van der Waals surface area contributed by atoms with Gasteiger partial charge in [0.15, 0.2) is 0 Å². The molecule has 1 fully saturated rings. The molecular weight excluding hydrogens is 282 g/mol. The Morgan fingerprint density at radius 3 is 2.36 bits per heavy atom. The molecule has 0 aromatic heterocycles. The number of methoxy groups -OCH3 is 1. The van der Waals surface area contributed by atoms with E-state index in [9.17, 15) is 14.7 Å². The van der Waals surface area contributed by atoms with Gasteiger partial charge in [-0.1, -0.05) is 0 Å². The number of aryl methyl sites for hydroxylation is 2. The van der Waals surface area contributed by atoms with E-state index in [4.69, 9.17) is 4.74 Å². The molecule has 5 nitrogen and oxygen atoms in total. The molecule has 0 radical (unpaired) electrons. The van der Waals surface area contributed by atoms with E-state index < -0.39 is 11.9 Å². The summed E-state index contributed by atoms with van der Waals surface area (Å²) in [6.07, 6.45) is 1.35. The molecule has 0 saturated carbocycles. The van der Waals surface area contributed by atoms with Gasteiger partial charge in [-0.25, -0.2) is 0 Å². The quantitative estimate of drug-likeness (QED) is 0.932. The summed E-state index contributed by atoms with van der Waals surface area (Å²) < 4.78 is 5.32. The number of hydrogen-bond donors (Lipinski definition) is 1. The second kappa shape index (κ2) is 6.38. The van der Waals surface area contributed by atoms with E-state index in [1.807, 2.05) is 32.9 Å². The number of nitrogens with zero attached hydrogens (tertiary/aromatic N) is 1. The first-order valence-electron chi connectivity index (χ1n) is 7.55. The summed E-state index contributed by atoms with van der Waals surface area (Å²) in [5.41, 5.74) is 2.41. The molecule has 1 amide bonds. The Bertz CT molecular complexity index is 573. The van der Waals surface area contributed by atoms with E-state index in [1.54, 1.807) is 12.0 Å². The van der Waals surface area contributed by atoms with Crippen molar-refractivity contribution in [2.24, 2.45) is 5.92 Å². The highest BCUT2D eigenvalue weighted by Crippen LogP contribution is 2.28. The van der Waals surface area contributed by atoms with Crippen molar-refractivity contribution in [2.75, 3.05) is 13.7 Å². The number of piperidine rings is 1. The Hall–Kier alpha value is -2.04. The van der Waals surface area contributed by atoms with E-state index in [2.05, 4.69) is 0 Å². The molecule has 1 aliphatic rings. The second-order valence-corrected chi connectivity index (χ2v) is 5.97. The fourth-order valence-corrected chi connectivity index (χ4v) is 3.32. The summed E-state index contributed by atoms with van der Waals surface area (Å²) in [6.45, 7) is 6.23. The Labute approximate surface area is 130 Å². The van der Waals surface area contributed by atoms with Crippen molar-refractivity contribution in [1.29, 1.82) is 0 Å². The molecule has 1 aromatic carbocycles. The van der Waals surface area contributed by atoms with Gasteiger partial charge in [0.2, 0.25) is 0 Å². The molecule has 5 heteroatoms. The first-order valence-corrected chi connectivity index (χ1v) is 7.55. The van der Waals surface area contributed by atoms with Crippen molar-refractivity contribution in [2.45, 2.75) is 39.7 Å². The lowest BCUT2D eigenvalue weighted by Gasteiger charge is -2.37. The number of carboxylic acid groups (broad SMARTS) is 1. The summed E-state index contributed by atoms with van der Waals surface area (Å²) in [7, 11) is 1.61. The molecule has 0 unspecified atom stereocenters. The SMILES string of the molecule is COc1c(C)cc(C(=O)N2CCC[C@H](C(=O)O)[C@@H]2C)cc1C. The number of benzene rings is 1. The molecule has 1 aliphatic heterocycles. The van der Waals surface area contributed by atoms with Crippen LogP contribution in [0.15, 0.2) is 12.1 Å². The van der Waals surface area contributed by atoms with Crippen LogP contribution in [0.4, 0.5) is 0 Å². The van der Waals surface area contributed by atoms with Gasteiger partial charge in [0.1, 0.15) is 5.75 Å². The molecule has 1 N–H and O–H groups in total. The molecule has 2 rings (SSSR count). The van der Waals surface area contributed by atoms with Gasteiger partial charge >= 0.3 is 5.97 Å². The van der Waals surface area contributed by atoms with Crippen molar-refractivity contribution >= 4 is 11.9 Å². The Morgan fingerprint density at radius 1 is 1.27 bits per heavy atom. The zero-order valence-corrected chi connectivity index (χ0v) is 13.5. The number of amides is 1. The van der Waals surface area contributed by atoms with Crippen molar-refractivity contribution in [3.63, 3.8) is 0 Å². The van der Waals surface area contributed by atoms with Crippen LogP contribution in [0, 0.1) is 19.8 Å². The molecule has 0 bridgehead atoms. The molecule has 1 aromatic rings. The zero-order valence-electron chi connectivity index (χ0n) is 13.5. The number of aliphatic carboxylic acids is 1. The van der Waals surface area contributed by atoms with Crippen LogP contribution in [-0.4, -0.2) is 41.6 Å². The van der Waals surface area contributed by atoms with Crippen LogP contribution in [0.3, 0.4) is 0 Å². The van der Waals surface area contributed by atoms with Gasteiger partial charge in [0.25, 0.3) is 5.91 Å². The minimum Gasteiger partial charge on any atom is -0.496 e. The molecule has 2 atom stereocenters. The highest BCUT2D eigenvalue weighted by Gasteiger charge is 2.35. The summed E-state index contributed by atoms with van der Waals surface area (Å²) in [5, 5.41) is 9.28. The monoisotopic (exact) mass is 305 g/mol. The average Bonchev–Trinajstić information content (AvgIpc) is 2.46. The fraction of sp³-hybridized carbons (Fsp3) is 0.529. The van der Waals surface area contributed by atoms with Crippen LogP contribution in [0.1, 0.15) is 41.3 Å². The highest BCUT2D eigenvalue weighted by atomic mass is 16.5. The lowest BCUT2D eigenvalue weighted by atomic mass is 9.89. The topological polar surface area (TPSA) is 66.8 Å². The molecule has 1 heterocycles. The largest absolute Gasteiger partial charge is 0.496 e. The third-order valence-electron chi connectivity index (χ3n) is 4.48. The van der Waals surface area contributed by atoms with Gasteiger partial charge in [0.05, 0.1) is 13.0 Å². The first-order chi connectivity index (χ1) is 10.4. The van der Waals surface area contributed by atoms with Crippen molar-refractivity contribution in [3.8, 4) is 5.75 Å². The van der Waals surface area contributed by atoms with E-state index >= 15 is 0 Å². The van der Waals surface area contributed by atoms with E-state index in [0.717, 1.165) is 23.3 Å². The van der Waals surface area contributed by atoms with Gasteiger partial charge < -0.3 is 14.7 Å².